The molecule has 27 heavy (non-hydrogen) atoms. The zero-order chi connectivity index (χ0) is 18.6. The molecule has 8 heteroatoms. The molecule has 0 bridgehead atoms. The van der Waals surface area contributed by atoms with Crippen LogP contribution >= 0.6 is 24.0 Å². The van der Waals surface area contributed by atoms with Crippen LogP contribution in [0, 0.1) is 0 Å². The molecule has 0 unspecified atom stereocenters. The van der Waals surface area contributed by atoms with Gasteiger partial charge in [-0.3, -0.25) is 4.99 Å². The fraction of sp³-hybridized carbons (Fsp3) is 0.842. The van der Waals surface area contributed by atoms with Crippen molar-refractivity contribution >= 4 is 29.9 Å². The number of piperidine rings is 1. The first-order valence-electron chi connectivity index (χ1n) is 10.00. The molecule has 7 nitrogen and oxygen atoms in total. The Hall–Kier alpha value is -0.900. The van der Waals surface area contributed by atoms with Crippen LogP contribution in [0.3, 0.4) is 0 Å². The Morgan fingerprint density at radius 1 is 1.19 bits per heavy atom. The first-order chi connectivity index (χ1) is 12.5. The minimum Gasteiger partial charge on any atom is -0.354 e. The molecule has 0 atom stereocenters. The van der Waals surface area contributed by atoms with Crippen LogP contribution in [0.25, 0.3) is 0 Å². The molecule has 2 aliphatic rings. The van der Waals surface area contributed by atoms with Gasteiger partial charge in [-0.1, -0.05) is 38.8 Å². The van der Waals surface area contributed by atoms with E-state index in [1.54, 1.807) is 7.05 Å². The zero-order valence-electron chi connectivity index (χ0n) is 17.1. The Balaban J connectivity index is 0.00000261. The molecule has 3 rings (SSSR count). The summed E-state index contributed by atoms with van der Waals surface area (Å²) in [6.45, 7) is 9.10. The second-order valence-electron chi connectivity index (χ2n) is 8.58. The van der Waals surface area contributed by atoms with Crippen LogP contribution in [0.4, 0.5) is 0 Å². The quantitative estimate of drug-likeness (QED) is 0.384. The summed E-state index contributed by atoms with van der Waals surface area (Å²) in [7, 11) is 1.81. The fourth-order valence-corrected chi connectivity index (χ4v) is 3.86. The normalized spacial score (nSPS) is 20.5. The molecule has 0 spiro atoms. The lowest BCUT2D eigenvalue weighted by atomic mass is 9.97. The zero-order valence-corrected chi connectivity index (χ0v) is 19.5. The number of rotatable bonds is 4. The van der Waals surface area contributed by atoms with Gasteiger partial charge in [0.25, 0.3) is 0 Å². The number of aromatic nitrogens is 2. The van der Waals surface area contributed by atoms with Crippen molar-refractivity contribution in [3.05, 3.63) is 11.7 Å². The number of hydrogen-bond acceptors (Lipinski definition) is 5. The minimum absolute atomic E-state index is 0. The SMILES string of the molecule is CN=C(NCc1noc(C(C)(C)C)n1)NC1CCN(C2CCCC2)CC1.I. The van der Waals surface area contributed by atoms with Gasteiger partial charge in [0.2, 0.25) is 5.89 Å². The fourth-order valence-electron chi connectivity index (χ4n) is 3.86. The molecular formula is C19H35IN6O. The predicted molar refractivity (Wildman–Crippen MR) is 119 cm³/mol. The number of nitrogens with one attached hydrogen (secondary N) is 2. The van der Waals surface area contributed by atoms with Crippen molar-refractivity contribution in [1.82, 2.24) is 25.7 Å². The molecule has 1 aliphatic heterocycles. The maximum atomic E-state index is 5.34. The van der Waals surface area contributed by atoms with Crippen molar-refractivity contribution in [3.8, 4) is 0 Å². The number of halogens is 1. The predicted octanol–water partition coefficient (Wildman–Crippen LogP) is 3.06. The maximum Gasteiger partial charge on any atom is 0.232 e. The highest BCUT2D eigenvalue weighted by Crippen LogP contribution is 2.26. The smallest absolute Gasteiger partial charge is 0.232 e. The number of nitrogens with zero attached hydrogens (tertiary/aromatic N) is 4. The second-order valence-corrected chi connectivity index (χ2v) is 8.58. The van der Waals surface area contributed by atoms with Crippen molar-refractivity contribution in [2.45, 2.75) is 83.3 Å². The van der Waals surface area contributed by atoms with Crippen LogP contribution in [-0.2, 0) is 12.0 Å². The van der Waals surface area contributed by atoms with E-state index in [1.165, 1.54) is 51.6 Å². The molecule has 2 heterocycles. The van der Waals surface area contributed by atoms with E-state index in [1.807, 2.05) is 0 Å². The first kappa shape index (κ1) is 22.4. The second kappa shape index (κ2) is 10.0. The average molecular weight is 490 g/mol. The summed E-state index contributed by atoms with van der Waals surface area (Å²) in [5, 5.41) is 10.9. The van der Waals surface area contributed by atoms with Crippen molar-refractivity contribution in [1.29, 1.82) is 0 Å². The van der Waals surface area contributed by atoms with E-state index in [0.29, 0.717) is 24.3 Å². The van der Waals surface area contributed by atoms with Gasteiger partial charge >= 0.3 is 0 Å². The molecule has 1 aromatic rings. The topological polar surface area (TPSA) is 78.6 Å². The van der Waals surface area contributed by atoms with Gasteiger partial charge in [0, 0.05) is 37.6 Å². The van der Waals surface area contributed by atoms with Crippen molar-refractivity contribution in [2.75, 3.05) is 20.1 Å². The van der Waals surface area contributed by atoms with Crippen molar-refractivity contribution < 1.29 is 4.52 Å². The number of aliphatic imine (C=N–C) groups is 1. The first-order valence-corrected chi connectivity index (χ1v) is 10.00. The molecule has 1 aliphatic carbocycles. The molecule has 2 N–H and O–H groups in total. The van der Waals surface area contributed by atoms with Crippen LogP contribution in [0.15, 0.2) is 9.52 Å². The number of hydrogen-bond donors (Lipinski definition) is 2. The van der Waals surface area contributed by atoms with Gasteiger partial charge in [0.15, 0.2) is 11.8 Å². The molecular weight excluding hydrogens is 455 g/mol. The Labute approximate surface area is 180 Å². The number of likely N-dealkylation sites (tertiary alicyclic amines) is 1. The Morgan fingerprint density at radius 2 is 1.85 bits per heavy atom. The molecule has 0 radical (unpaired) electrons. The van der Waals surface area contributed by atoms with Crippen LogP contribution in [0.1, 0.15) is 71.0 Å². The molecule has 1 aromatic heterocycles. The Kier molecular flexibility index (Phi) is 8.33. The molecule has 0 amide bonds. The summed E-state index contributed by atoms with van der Waals surface area (Å²) < 4.78 is 5.34. The highest BCUT2D eigenvalue weighted by molar-refractivity contribution is 14.0. The average Bonchev–Trinajstić information content (AvgIpc) is 3.30. The van der Waals surface area contributed by atoms with Crippen molar-refractivity contribution in [3.63, 3.8) is 0 Å². The summed E-state index contributed by atoms with van der Waals surface area (Å²) >= 11 is 0. The standard InChI is InChI=1S/C19H34N6O.HI/c1-19(2,3)17-23-16(24-26-17)13-21-18(20-4)22-14-9-11-25(12-10-14)15-7-5-6-8-15;/h14-15H,5-13H2,1-4H3,(H2,20,21,22);1H. The molecule has 2 fully saturated rings. The summed E-state index contributed by atoms with van der Waals surface area (Å²) in [5.41, 5.74) is -0.127. The van der Waals surface area contributed by atoms with E-state index in [-0.39, 0.29) is 29.4 Å². The molecule has 0 aromatic carbocycles. The summed E-state index contributed by atoms with van der Waals surface area (Å²) in [4.78, 5) is 11.5. The Bertz CT molecular complexity index is 598. The summed E-state index contributed by atoms with van der Waals surface area (Å²) in [6, 6.07) is 1.32. The van der Waals surface area contributed by atoms with E-state index in [2.05, 4.69) is 51.4 Å². The van der Waals surface area contributed by atoms with Gasteiger partial charge < -0.3 is 20.1 Å². The third kappa shape index (κ3) is 6.30. The third-order valence-electron chi connectivity index (χ3n) is 5.46. The van der Waals surface area contributed by atoms with Crippen LogP contribution < -0.4 is 10.6 Å². The highest BCUT2D eigenvalue weighted by Gasteiger charge is 2.27. The van der Waals surface area contributed by atoms with Crippen molar-refractivity contribution in [2.24, 2.45) is 4.99 Å². The number of guanidine groups is 1. The molecule has 1 saturated heterocycles. The molecule has 154 valence electrons. The van der Waals surface area contributed by atoms with Gasteiger partial charge in [-0.2, -0.15) is 4.98 Å². The van der Waals surface area contributed by atoms with Gasteiger partial charge in [-0.05, 0) is 25.7 Å². The lowest BCUT2D eigenvalue weighted by Crippen LogP contribution is -2.50. The lowest BCUT2D eigenvalue weighted by Gasteiger charge is -2.36. The van der Waals surface area contributed by atoms with Gasteiger partial charge in [-0.15, -0.1) is 24.0 Å². The van der Waals surface area contributed by atoms with E-state index in [0.717, 1.165) is 12.0 Å². The van der Waals surface area contributed by atoms with E-state index in [9.17, 15) is 0 Å². The van der Waals surface area contributed by atoms with Gasteiger partial charge in [0.1, 0.15) is 0 Å². The minimum atomic E-state index is -0.127. The van der Waals surface area contributed by atoms with Crippen LogP contribution in [0.5, 0.6) is 0 Å². The highest BCUT2D eigenvalue weighted by atomic mass is 127. The third-order valence-corrected chi connectivity index (χ3v) is 5.46. The van der Waals surface area contributed by atoms with E-state index >= 15 is 0 Å². The van der Waals surface area contributed by atoms with Crippen LogP contribution in [0.2, 0.25) is 0 Å². The maximum absolute atomic E-state index is 5.34. The van der Waals surface area contributed by atoms with E-state index in [4.69, 9.17) is 4.52 Å². The lowest BCUT2D eigenvalue weighted by molar-refractivity contribution is 0.150. The Morgan fingerprint density at radius 3 is 2.41 bits per heavy atom. The van der Waals surface area contributed by atoms with Gasteiger partial charge in [-0.25, -0.2) is 0 Å². The van der Waals surface area contributed by atoms with E-state index < -0.39 is 0 Å². The summed E-state index contributed by atoms with van der Waals surface area (Å²) in [6.07, 6.45) is 7.95. The largest absolute Gasteiger partial charge is 0.354 e. The summed E-state index contributed by atoms with van der Waals surface area (Å²) in [5.74, 6) is 2.14. The molecule has 1 saturated carbocycles. The monoisotopic (exact) mass is 490 g/mol. The van der Waals surface area contributed by atoms with Gasteiger partial charge in [0.05, 0.1) is 6.54 Å². The van der Waals surface area contributed by atoms with Crippen LogP contribution in [-0.4, -0.2) is 53.2 Å².